The predicted octanol–water partition coefficient (Wildman–Crippen LogP) is 5.44. The fourth-order valence-corrected chi connectivity index (χ4v) is 2.92. The van der Waals surface area contributed by atoms with Gasteiger partial charge in [-0.15, -0.1) is 0 Å². The summed E-state index contributed by atoms with van der Waals surface area (Å²) in [6.45, 7) is 11.3. The number of rotatable bonds is 4. The molecule has 0 atom stereocenters. The number of aryl methyl sites for hydroxylation is 2. The molecule has 19 heavy (non-hydrogen) atoms. The van der Waals surface area contributed by atoms with E-state index in [1.54, 1.807) is 0 Å². The second-order valence-corrected chi connectivity index (χ2v) is 6.66. The molecule has 1 heteroatoms. The molecule has 0 bridgehead atoms. The second kappa shape index (κ2) is 5.40. The fourth-order valence-electron chi connectivity index (χ4n) is 2.92. The van der Waals surface area contributed by atoms with E-state index in [2.05, 4.69) is 63.5 Å². The number of unbranched alkanes of at least 4 members (excludes halogenated alkanes) is 2. The summed E-state index contributed by atoms with van der Waals surface area (Å²) in [7, 11) is 0. The fraction of sp³-hybridized carbons (Fsp3) is 0.556. The van der Waals surface area contributed by atoms with Gasteiger partial charge in [0.25, 0.3) is 0 Å². The Labute approximate surface area is 117 Å². The third-order valence-electron chi connectivity index (χ3n) is 3.74. The van der Waals surface area contributed by atoms with Gasteiger partial charge in [-0.05, 0) is 58.7 Å². The summed E-state index contributed by atoms with van der Waals surface area (Å²) in [5, 5.41) is 1.39. The first-order valence-corrected chi connectivity index (χ1v) is 7.55. The van der Waals surface area contributed by atoms with Crippen LogP contribution in [0.3, 0.4) is 0 Å². The monoisotopic (exact) mass is 257 g/mol. The Hall–Kier alpha value is -1.24. The van der Waals surface area contributed by atoms with Crippen molar-refractivity contribution < 1.29 is 0 Å². The zero-order valence-corrected chi connectivity index (χ0v) is 13.1. The van der Waals surface area contributed by atoms with Crippen LogP contribution in [-0.2, 0) is 12.0 Å². The Balaban J connectivity index is 2.48. The van der Waals surface area contributed by atoms with E-state index in [1.165, 1.54) is 47.8 Å². The van der Waals surface area contributed by atoms with E-state index in [4.69, 9.17) is 0 Å². The molecule has 0 saturated heterocycles. The average molecular weight is 257 g/mol. The molecule has 0 aliphatic rings. The van der Waals surface area contributed by atoms with Crippen LogP contribution in [0.4, 0.5) is 0 Å². The molecule has 104 valence electrons. The van der Waals surface area contributed by atoms with Gasteiger partial charge < -0.3 is 4.57 Å². The molecule has 0 fully saturated rings. The summed E-state index contributed by atoms with van der Waals surface area (Å²) >= 11 is 0. The molecule has 1 aromatic heterocycles. The molecule has 0 radical (unpaired) electrons. The van der Waals surface area contributed by atoms with Crippen LogP contribution >= 0.6 is 0 Å². The van der Waals surface area contributed by atoms with E-state index in [-0.39, 0.29) is 5.54 Å². The number of benzene rings is 1. The third kappa shape index (κ3) is 3.02. The zero-order valence-electron chi connectivity index (χ0n) is 13.1. The summed E-state index contributed by atoms with van der Waals surface area (Å²) in [5.74, 6) is 0. The predicted molar refractivity (Wildman–Crippen MR) is 84.9 cm³/mol. The van der Waals surface area contributed by atoms with Crippen molar-refractivity contribution in [1.82, 2.24) is 4.57 Å². The lowest BCUT2D eigenvalue weighted by Crippen LogP contribution is -2.23. The molecule has 1 nitrogen and oxygen atoms in total. The highest BCUT2D eigenvalue weighted by molar-refractivity contribution is 5.82. The van der Waals surface area contributed by atoms with E-state index in [0.717, 1.165) is 0 Å². The van der Waals surface area contributed by atoms with Gasteiger partial charge >= 0.3 is 0 Å². The van der Waals surface area contributed by atoms with Gasteiger partial charge in [-0.3, -0.25) is 0 Å². The number of fused-ring (bicyclic) bond motifs is 1. The van der Waals surface area contributed by atoms with Gasteiger partial charge in [0.2, 0.25) is 0 Å². The van der Waals surface area contributed by atoms with Gasteiger partial charge in [0, 0.05) is 22.1 Å². The summed E-state index contributed by atoms with van der Waals surface area (Å²) < 4.78 is 2.53. The van der Waals surface area contributed by atoms with E-state index >= 15 is 0 Å². The lowest BCUT2D eigenvalue weighted by Gasteiger charge is -2.26. The van der Waals surface area contributed by atoms with Gasteiger partial charge in [-0.25, -0.2) is 0 Å². The summed E-state index contributed by atoms with van der Waals surface area (Å²) in [6.07, 6.45) is 5.10. The van der Waals surface area contributed by atoms with E-state index in [0.29, 0.717) is 0 Å². The zero-order chi connectivity index (χ0) is 14.0. The Bertz CT molecular complexity index is 555. The van der Waals surface area contributed by atoms with Crippen LogP contribution in [-0.4, -0.2) is 4.57 Å². The summed E-state index contributed by atoms with van der Waals surface area (Å²) in [5.41, 5.74) is 4.36. The quantitative estimate of drug-likeness (QED) is 0.643. The Kier molecular flexibility index (Phi) is 4.03. The number of hydrogen-bond donors (Lipinski definition) is 0. The molecule has 0 saturated carbocycles. The van der Waals surface area contributed by atoms with Crippen molar-refractivity contribution in [1.29, 1.82) is 0 Å². The molecule has 0 aliphatic carbocycles. The number of nitrogens with zero attached hydrogens (tertiary/aromatic N) is 1. The van der Waals surface area contributed by atoms with Crippen molar-refractivity contribution >= 4 is 10.9 Å². The first-order chi connectivity index (χ1) is 8.93. The third-order valence-corrected chi connectivity index (χ3v) is 3.74. The molecular weight excluding hydrogens is 230 g/mol. The molecule has 0 amide bonds. The molecule has 0 aliphatic heterocycles. The molecular formula is C18H27N. The lowest BCUT2D eigenvalue weighted by atomic mass is 10.1. The minimum absolute atomic E-state index is 0.151. The lowest BCUT2D eigenvalue weighted by molar-refractivity contribution is 0.396. The van der Waals surface area contributed by atoms with Crippen molar-refractivity contribution in [3.8, 4) is 0 Å². The van der Waals surface area contributed by atoms with E-state index < -0.39 is 0 Å². The Morgan fingerprint density at radius 3 is 2.42 bits per heavy atom. The van der Waals surface area contributed by atoms with Crippen molar-refractivity contribution in [2.75, 3.05) is 0 Å². The maximum atomic E-state index is 2.53. The van der Waals surface area contributed by atoms with Crippen LogP contribution in [0.5, 0.6) is 0 Å². The minimum atomic E-state index is 0.151. The second-order valence-electron chi connectivity index (χ2n) is 6.66. The molecule has 1 aromatic carbocycles. The van der Waals surface area contributed by atoms with Crippen LogP contribution < -0.4 is 0 Å². The Morgan fingerprint density at radius 1 is 1.05 bits per heavy atom. The molecule has 2 rings (SSSR count). The molecule has 2 aromatic rings. The van der Waals surface area contributed by atoms with Crippen LogP contribution in [0.15, 0.2) is 24.3 Å². The minimum Gasteiger partial charge on any atom is -0.339 e. The van der Waals surface area contributed by atoms with Crippen LogP contribution in [0.2, 0.25) is 0 Å². The topological polar surface area (TPSA) is 4.93 Å². The normalized spacial score (nSPS) is 12.3. The largest absolute Gasteiger partial charge is 0.339 e. The Morgan fingerprint density at radius 2 is 1.79 bits per heavy atom. The summed E-state index contributed by atoms with van der Waals surface area (Å²) in [4.78, 5) is 0. The molecule has 0 unspecified atom stereocenters. The van der Waals surface area contributed by atoms with E-state index in [9.17, 15) is 0 Å². The smallest absolute Gasteiger partial charge is 0.0487 e. The standard InChI is InChI=1S/C18H27N/c1-6-7-8-9-16-13-15-12-14(2)10-11-17(15)19(16)18(3,4)5/h10-13H,6-9H2,1-5H3. The number of hydrogen-bond acceptors (Lipinski definition) is 0. The maximum absolute atomic E-state index is 2.53. The summed E-state index contributed by atoms with van der Waals surface area (Å²) in [6, 6.07) is 9.20. The molecule has 0 N–H and O–H groups in total. The van der Waals surface area contributed by atoms with E-state index in [1.807, 2.05) is 0 Å². The van der Waals surface area contributed by atoms with Crippen LogP contribution in [0.1, 0.15) is 58.2 Å². The highest BCUT2D eigenvalue weighted by Crippen LogP contribution is 2.29. The van der Waals surface area contributed by atoms with Crippen LogP contribution in [0, 0.1) is 6.92 Å². The van der Waals surface area contributed by atoms with Crippen molar-refractivity contribution in [2.24, 2.45) is 0 Å². The van der Waals surface area contributed by atoms with Gasteiger partial charge in [0.15, 0.2) is 0 Å². The highest BCUT2D eigenvalue weighted by atomic mass is 15.1. The van der Waals surface area contributed by atoms with Crippen molar-refractivity contribution in [2.45, 2.75) is 65.8 Å². The molecule has 1 heterocycles. The van der Waals surface area contributed by atoms with Gasteiger partial charge in [-0.1, -0.05) is 31.4 Å². The van der Waals surface area contributed by atoms with Gasteiger partial charge in [0.1, 0.15) is 0 Å². The maximum Gasteiger partial charge on any atom is 0.0487 e. The number of aromatic nitrogens is 1. The van der Waals surface area contributed by atoms with Crippen LogP contribution in [0.25, 0.3) is 10.9 Å². The SMILES string of the molecule is CCCCCc1cc2cc(C)ccc2n1C(C)(C)C. The average Bonchev–Trinajstić information content (AvgIpc) is 2.66. The molecule has 0 spiro atoms. The van der Waals surface area contributed by atoms with Crippen molar-refractivity contribution in [3.63, 3.8) is 0 Å². The first-order valence-electron chi connectivity index (χ1n) is 7.55. The van der Waals surface area contributed by atoms with Crippen molar-refractivity contribution in [3.05, 3.63) is 35.5 Å². The van der Waals surface area contributed by atoms with Gasteiger partial charge in [0.05, 0.1) is 0 Å². The van der Waals surface area contributed by atoms with Gasteiger partial charge in [-0.2, -0.15) is 0 Å². The highest BCUT2D eigenvalue weighted by Gasteiger charge is 2.19. The first kappa shape index (κ1) is 14.2.